The van der Waals surface area contributed by atoms with Crippen molar-refractivity contribution in [2.45, 2.75) is 12.1 Å². The van der Waals surface area contributed by atoms with E-state index in [-0.39, 0.29) is 6.10 Å². The zero-order valence-corrected chi connectivity index (χ0v) is 5.71. The van der Waals surface area contributed by atoms with Gasteiger partial charge in [-0.2, -0.15) is 0 Å². The molecule has 1 radical (unpaired) electrons. The van der Waals surface area contributed by atoms with Gasteiger partial charge in [-0.1, -0.05) is 18.2 Å². The molecule has 0 aromatic rings. The fraction of sp³-hybridized carbons (Fsp3) is 0.500. The molecule has 0 saturated carbocycles. The van der Waals surface area contributed by atoms with Crippen LogP contribution in [0.2, 0.25) is 0 Å². The van der Waals surface area contributed by atoms with E-state index in [1.807, 2.05) is 12.2 Å². The van der Waals surface area contributed by atoms with E-state index in [4.69, 9.17) is 4.74 Å². The summed E-state index contributed by atoms with van der Waals surface area (Å²) in [5.41, 5.74) is 0. The summed E-state index contributed by atoms with van der Waals surface area (Å²) in [5.74, 6) is 0. The van der Waals surface area contributed by atoms with Gasteiger partial charge < -0.3 is 10.1 Å². The highest BCUT2D eigenvalue weighted by molar-refractivity contribution is 5.15. The zero-order chi connectivity index (χ0) is 6.81. The first-order chi connectivity index (χ1) is 4.97. The van der Waals surface area contributed by atoms with Crippen molar-refractivity contribution in [3.05, 3.63) is 24.3 Å². The molecule has 0 aromatic heterocycles. The van der Waals surface area contributed by atoms with Crippen molar-refractivity contribution >= 4 is 0 Å². The monoisotopic (exact) mass is 136 g/mol. The van der Waals surface area contributed by atoms with Crippen LogP contribution in [0.15, 0.2) is 18.2 Å². The SMILES string of the molecule is [C]1=CC=CC2OCCNC12. The van der Waals surface area contributed by atoms with E-state index < -0.39 is 0 Å². The third-order valence-electron chi connectivity index (χ3n) is 1.78. The van der Waals surface area contributed by atoms with E-state index >= 15 is 0 Å². The first-order valence-electron chi connectivity index (χ1n) is 3.58. The Kier molecular flexibility index (Phi) is 1.57. The number of morpholine rings is 1. The molecular weight excluding hydrogens is 126 g/mol. The van der Waals surface area contributed by atoms with Crippen molar-refractivity contribution < 1.29 is 4.74 Å². The topological polar surface area (TPSA) is 21.3 Å². The standard InChI is InChI=1S/C8H10NO/c1-2-4-8-7(3-1)9-5-6-10-8/h1-2,4,7-9H,5-6H2. The molecule has 1 aliphatic heterocycles. The summed E-state index contributed by atoms with van der Waals surface area (Å²) < 4.78 is 5.45. The van der Waals surface area contributed by atoms with Crippen LogP contribution in [-0.2, 0) is 4.74 Å². The van der Waals surface area contributed by atoms with E-state index in [1.54, 1.807) is 0 Å². The lowest BCUT2D eigenvalue weighted by Gasteiger charge is -2.29. The van der Waals surface area contributed by atoms with E-state index in [2.05, 4.69) is 17.5 Å². The van der Waals surface area contributed by atoms with Gasteiger partial charge in [0.25, 0.3) is 0 Å². The summed E-state index contributed by atoms with van der Waals surface area (Å²) in [7, 11) is 0. The van der Waals surface area contributed by atoms with E-state index in [0.717, 1.165) is 13.2 Å². The number of hydrogen-bond acceptors (Lipinski definition) is 2. The summed E-state index contributed by atoms with van der Waals surface area (Å²) in [6, 6.07) is 0.291. The maximum absolute atomic E-state index is 5.45. The van der Waals surface area contributed by atoms with E-state index in [9.17, 15) is 0 Å². The second-order valence-corrected chi connectivity index (χ2v) is 2.49. The molecule has 1 N–H and O–H groups in total. The lowest BCUT2D eigenvalue weighted by atomic mass is 10.0. The number of fused-ring (bicyclic) bond motifs is 1. The van der Waals surface area contributed by atoms with Crippen LogP contribution in [-0.4, -0.2) is 25.3 Å². The van der Waals surface area contributed by atoms with Crippen LogP contribution < -0.4 is 5.32 Å². The molecule has 53 valence electrons. The highest BCUT2D eigenvalue weighted by Crippen LogP contribution is 2.10. The van der Waals surface area contributed by atoms with Gasteiger partial charge in [-0.05, 0) is 6.08 Å². The van der Waals surface area contributed by atoms with Crippen molar-refractivity contribution in [3.8, 4) is 0 Å². The number of rotatable bonds is 0. The third kappa shape index (κ3) is 1.00. The summed E-state index contributed by atoms with van der Waals surface area (Å²) in [4.78, 5) is 0. The van der Waals surface area contributed by atoms with E-state index in [1.165, 1.54) is 0 Å². The number of ether oxygens (including phenoxy) is 1. The molecule has 2 atom stereocenters. The Bertz CT molecular complexity index is 154. The van der Waals surface area contributed by atoms with Gasteiger partial charge in [-0.25, -0.2) is 0 Å². The Labute approximate surface area is 60.6 Å². The van der Waals surface area contributed by atoms with Crippen LogP contribution in [0.3, 0.4) is 0 Å². The van der Waals surface area contributed by atoms with Crippen LogP contribution in [0.4, 0.5) is 0 Å². The maximum Gasteiger partial charge on any atom is 0.0954 e. The molecule has 0 amide bonds. The quantitative estimate of drug-likeness (QED) is 0.516. The van der Waals surface area contributed by atoms with Crippen LogP contribution in [0.5, 0.6) is 0 Å². The molecule has 1 saturated heterocycles. The molecule has 0 spiro atoms. The third-order valence-corrected chi connectivity index (χ3v) is 1.78. The lowest BCUT2D eigenvalue weighted by molar-refractivity contribution is 0.0365. The molecule has 2 rings (SSSR count). The van der Waals surface area contributed by atoms with Crippen molar-refractivity contribution in [1.82, 2.24) is 5.32 Å². The van der Waals surface area contributed by atoms with Crippen molar-refractivity contribution in [1.29, 1.82) is 0 Å². The molecule has 2 nitrogen and oxygen atoms in total. The smallest absolute Gasteiger partial charge is 0.0954 e. The highest BCUT2D eigenvalue weighted by Gasteiger charge is 2.21. The van der Waals surface area contributed by atoms with Gasteiger partial charge in [0.05, 0.1) is 18.8 Å². The Hall–Kier alpha value is -0.600. The number of nitrogens with one attached hydrogen (secondary N) is 1. The first-order valence-corrected chi connectivity index (χ1v) is 3.58. The van der Waals surface area contributed by atoms with Crippen LogP contribution in [0.25, 0.3) is 0 Å². The van der Waals surface area contributed by atoms with Crippen molar-refractivity contribution in [2.24, 2.45) is 0 Å². The fourth-order valence-electron chi connectivity index (χ4n) is 1.27. The predicted molar refractivity (Wildman–Crippen MR) is 38.5 cm³/mol. The largest absolute Gasteiger partial charge is 0.371 e. The van der Waals surface area contributed by atoms with Gasteiger partial charge in [-0.15, -0.1) is 0 Å². The molecule has 0 bridgehead atoms. The summed E-state index contributed by atoms with van der Waals surface area (Å²) in [6.07, 6.45) is 9.37. The number of allylic oxidation sites excluding steroid dienone is 2. The number of hydrogen-bond donors (Lipinski definition) is 1. The molecule has 0 aromatic carbocycles. The molecular formula is C8H10NO. The van der Waals surface area contributed by atoms with Gasteiger partial charge in [0.1, 0.15) is 0 Å². The van der Waals surface area contributed by atoms with E-state index in [0.29, 0.717) is 6.04 Å². The minimum absolute atomic E-state index is 0.221. The molecule has 1 aliphatic carbocycles. The van der Waals surface area contributed by atoms with Gasteiger partial charge in [0.15, 0.2) is 0 Å². The normalized spacial score (nSPS) is 37.6. The average molecular weight is 136 g/mol. The molecule has 2 unspecified atom stereocenters. The van der Waals surface area contributed by atoms with Crippen LogP contribution in [0, 0.1) is 6.08 Å². The molecule has 10 heavy (non-hydrogen) atoms. The predicted octanol–water partition coefficient (Wildman–Crippen LogP) is 0.273. The maximum atomic E-state index is 5.45. The van der Waals surface area contributed by atoms with Crippen molar-refractivity contribution in [2.75, 3.05) is 13.2 Å². The molecule has 2 heteroatoms. The minimum atomic E-state index is 0.221. The molecule has 1 fully saturated rings. The Balaban J connectivity index is 2.09. The summed E-state index contributed by atoms with van der Waals surface area (Å²) >= 11 is 0. The highest BCUT2D eigenvalue weighted by atomic mass is 16.5. The molecule has 1 heterocycles. The van der Waals surface area contributed by atoms with Crippen LogP contribution in [0.1, 0.15) is 0 Å². The minimum Gasteiger partial charge on any atom is -0.371 e. The second kappa shape index (κ2) is 2.56. The summed E-state index contributed by atoms with van der Waals surface area (Å²) in [5, 5.41) is 3.30. The van der Waals surface area contributed by atoms with Crippen LogP contribution >= 0.6 is 0 Å². The Morgan fingerprint density at radius 2 is 2.60 bits per heavy atom. The fourth-order valence-corrected chi connectivity index (χ4v) is 1.27. The van der Waals surface area contributed by atoms with Gasteiger partial charge in [0.2, 0.25) is 0 Å². The zero-order valence-electron chi connectivity index (χ0n) is 5.71. The summed E-state index contributed by atoms with van der Waals surface area (Å²) in [6.45, 7) is 1.75. The lowest BCUT2D eigenvalue weighted by Crippen LogP contribution is -2.47. The Morgan fingerprint density at radius 1 is 1.60 bits per heavy atom. The molecule has 2 aliphatic rings. The van der Waals surface area contributed by atoms with Crippen molar-refractivity contribution in [3.63, 3.8) is 0 Å². The van der Waals surface area contributed by atoms with Gasteiger partial charge in [0, 0.05) is 6.54 Å². The van der Waals surface area contributed by atoms with Gasteiger partial charge in [-0.3, -0.25) is 0 Å². The van der Waals surface area contributed by atoms with Gasteiger partial charge >= 0.3 is 0 Å². The first kappa shape index (κ1) is 6.13. The Morgan fingerprint density at radius 3 is 3.50 bits per heavy atom. The average Bonchev–Trinajstić information content (AvgIpc) is 2.05. The second-order valence-electron chi connectivity index (χ2n) is 2.49.